The van der Waals surface area contributed by atoms with Crippen LogP contribution in [0.2, 0.25) is 5.02 Å². The van der Waals surface area contributed by atoms with E-state index in [2.05, 4.69) is 30.5 Å². The molecule has 3 heteroatoms. The molecule has 20 heavy (non-hydrogen) atoms. The van der Waals surface area contributed by atoms with Gasteiger partial charge in [0.2, 0.25) is 0 Å². The van der Waals surface area contributed by atoms with Crippen LogP contribution in [-0.2, 0) is 6.42 Å². The Hall–Kier alpha value is -1.25. The van der Waals surface area contributed by atoms with E-state index in [1.165, 1.54) is 17.0 Å². The highest BCUT2D eigenvalue weighted by Gasteiger charge is 2.25. The minimum atomic E-state index is -0.301. The normalized spacial score (nSPS) is 19.7. The van der Waals surface area contributed by atoms with Gasteiger partial charge in [-0.2, -0.15) is 0 Å². The molecule has 2 atom stereocenters. The molecular weight excluding hydrogens is 270 g/mol. The number of benzene rings is 1. The number of nitrogens with zero attached hydrogens (tertiary/aromatic N) is 1. The predicted octanol–water partition coefficient (Wildman–Crippen LogP) is 4.43. The van der Waals surface area contributed by atoms with Crippen LogP contribution in [0.25, 0.3) is 0 Å². The van der Waals surface area contributed by atoms with Gasteiger partial charge in [-0.1, -0.05) is 23.7 Å². The minimum Gasteiger partial charge on any atom is -0.388 e. The van der Waals surface area contributed by atoms with E-state index in [4.69, 9.17) is 11.6 Å². The number of aromatic nitrogens is 1. The lowest BCUT2D eigenvalue weighted by Crippen LogP contribution is -2.16. The number of aryl methyl sites for hydroxylation is 1. The average molecular weight is 290 g/mol. The van der Waals surface area contributed by atoms with Crippen LogP contribution in [0.15, 0.2) is 30.3 Å². The molecule has 1 aliphatic rings. The second-order valence-corrected chi connectivity index (χ2v) is 6.13. The molecule has 0 aliphatic heterocycles. The number of fused-ring (bicyclic) bond motifs is 1. The number of halogens is 1. The van der Waals surface area contributed by atoms with Crippen molar-refractivity contribution in [3.63, 3.8) is 0 Å². The summed E-state index contributed by atoms with van der Waals surface area (Å²) in [5, 5.41) is 10.9. The maximum Gasteiger partial charge on any atom is 0.0807 e. The number of rotatable bonds is 2. The summed E-state index contributed by atoms with van der Waals surface area (Å²) in [7, 11) is 0. The lowest BCUT2D eigenvalue weighted by Gasteiger charge is -2.24. The number of hydrogen-bond acceptors (Lipinski definition) is 1. The molecule has 0 saturated carbocycles. The lowest BCUT2D eigenvalue weighted by molar-refractivity contribution is 0.155. The smallest absolute Gasteiger partial charge is 0.0807 e. The van der Waals surface area contributed by atoms with Crippen LogP contribution in [-0.4, -0.2) is 9.67 Å². The van der Waals surface area contributed by atoms with Crippen molar-refractivity contribution in [3.8, 4) is 0 Å². The second kappa shape index (κ2) is 5.27. The van der Waals surface area contributed by atoms with Crippen LogP contribution in [0.1, 0.15) is 54.4 Å². The molecule has 0 spiro atoms. The van der Waals surface area contributed by atoms with Crippen molar-refractivity contribution in [2.75, 3.05) is 0 Å². The first-order valence-electron chi connectivity index (χ1n) is 7.22. The van der Waals surface area contributed by atoms with Gasteiger partial charge in [0.25, 0.3) is 0 Å². The summed E-state index contributed by atoms with van der Waals surface area (Å²) in [6.07, 6.45) is 2.68. The molecule has 106 valence electrons. The van der Waals surface area contributed by atoms with Crippen molar-refractivity contribution in [2.45, 2.75) is 45.3 Å². The molecule has 1 aliphatic carbocycles. The third kappa shape index (κ3) is 2.27. The fraction of sp³-hybridized carbons (Fsp3) is 0.412. The van der Waals surface area contributed by atoms with Gasteiger partial charge in [-0.15, -0.1) is 0 Å². The van der Waals surface area contributed by atoms with Gasteiger partial charge in [0.15, 0.2) is 0 Å². The Morgan fingerprint density at radius 1 is 1.35 bits per heavy atom. The highest BCUT2D eigenvalue weighted by Crippen LogP contribution is 2.35. The molecule has 0 radical (unpaired) electrons. The molecule has 2 unspecified atom stereocenters. The molecule has 0 saturated heterocycles. The van der Waals surface area contributed by atoms with Crippen LogP contribution in [0.3, 0.4) is 0 Å². The van der Waals surface area contributed by atoms with Gasteiger partial charge in [0, 0.05) is 22.0 Å². The Morgan fingerprint density at radius 3 is 2.90 bits per heavy atom. The zero-order valence-corrected chi connectivity index (χ0v) is 12.7. The van der Waals surface area contributed by atoms with Gasteiger partial charge in [-0.05, 0) is 56.9 Å². The van der Waals surface area contributed by atoms with Crippen molar-refractivity contribution in [1.82, 2.24) is 4.57 Å². The summed E-state index contributed by atoms with van der Waals surface area (Å²) < 4.78 is 2.35. The van der Waals surface area contributed by atoms with Crippen LogP contribution < -0.4 is 0 Å². The Balaban J connectivity index is 2.06. The van der Waals surface area contributed by atoms with Crippen molar-refractivity contribution < 1.29 is 5.11 Å². The van der Waals surface area contributed by atoms with Gasteiger partial charge >= 0.3 is 0 Å². The average Bonchev–Trinajstić information content (AvgIpc) is 2.76. The standard InChI is InChI=1S/C17H20ClNO/c1-11-9-15-16(7-4-8-17(15)20)19(11)12(2)13-5-3-6-14(18)10-13/h3,5-6,9-10,12,17,20H,4,7-8H2,1-2H3. The molecule has 0 amide bonds. The molecule has 3 rings (SSSR count). The molecule has 1 aromatic heterocycles. The van der Waals surface area contributed by atoms with E-state index < -0.39 is 0 Å². The zero-order chi connectivity index (χ0) is 14.3. The van der Waals surface area contributed by atoms with E-state index in [0.717, 1.165) is 29.8 Å². The monoisotopic (exact) mass is 289 g/mol. The van der Waals surface area contributed by atoms with E-state index in [1.807, 2.05) is 18.2 Å². The van der Waals surface area contributed by atoms with E-state index in [-0.39, 0.29) is 12.1 Å². The molecule has 1 N–H and O–H groups in total. The van der Waals surface area contributed by atoms with Gasteiger partial charge in [0.1, 0.15) is 0 Å². The fourth-order valence-corrected chi connectivity index (χ4v) is 3.55. The van der Waals surface area contributed by atoms with E-state index in [1.54, 1.807) is 0 Å². The third-order valence-electron chi connectivity index (χ3n) is 4.34. The minimum absolute atomic E-state index is 0.239. The summed E-state index contributed by atoms with van der Waals surface area (Å²) in [4.78, 5) is 0. The third-order valence-corrected chi connectivity index (χ3v) is 4.57. The molecule has 2 aromatic rings. The molecule has 0 fully saturated rings. The SMILES string of the molecule is Cc1cc2c(n1C(C)c1cccc(Cl)c1)CCCC2O. The van der Waals surface area contributed by atoms with Crippen LogP contribution in [0, 0.1) is 6.92 Å². The van der Waals surface area contributed by atoms with E-state index in [9.17, 15) is 5.11 Å². The first-order chi connectivity index (χ1) is 9.58. The Labute approximate surface area is 125 Å². The summed E-state index contributed by atoms with van der Waals surface area (Å²) in [6.45, 7) is 4.31. The van der Waals surface area contributed by atoms with Gasteiger partial charge in [-0.3, -0.25) is 0 Å². The molecular formula is C17H20ClNO. The first kappa shape index (κ1) is 13.7. The molecule has 1 heterocycles. The van der Waals surface area contributed by atoms with Gasteiger partial charge < -0.3 is 9.67 Å². The zero-order valence-electron chi connectivity index (χ0n) is 11.9. The first-order valence-corrected chi connectivity index (χ1v) is 7.60. The molecule has 2 nitrogen and oxygen atoms in total. The van der Waals surface area contributed by atoms with Crippen molar-refractivity contribution in [2.24, 2.45) is 0 Å². The summed E-state index contributed by atoms with van der Waals surface area (Å²) in [5.74, 6) is 0. The van der Waals surface area contributed by atoms with Gasteiger partial charge in [-0.25, -0.2) is 0 Å². The predicted molar refractivity (Wildman–Crippen MR) is 82.3 cm³/mol. The molecule has 1 aromatic carbocycles. The summed E-state index contributed by atoms with van der Waals surface area (Å²) in [6, 6.07) is 10.4. The molecule has 0 bridgehead atoms. The Bertz CT molecular complexity index is 632. The van der Waals surface area contributed by atoms with Crippen molar-refractivity contribution in [1.29, 1.82) is 0 Å². The largest absolute Gasteiger partial charge is 0.388 e. The second-order valence-electron chi connectivity index (χ2n) is 5.70. The lowest BCUT2D eigenvalue weighted by atomic mass is 9.95. The maximum atomic E-state index is 10.2. The summed E-state index contributed by atoms with van der Waals surface area (Å²) >= 11 is 6.11. The van der Waals surface area contributed by atoms with Crippen molar-refractivity contribution >= 4 is 11.6 Å². The van der Waals surface area contributed by atoms with Gasteiger partial charge in [0.05, 0.1) is 12.1 Å². The highest BCUT2D eigenvalue weighted by molar-refractivity contribution is 6.30. The fourth-order valence-electron chi connectivity index (χ4n) is 3.36. The number of hydrogen-bond donors (Lipinski definition) is 1. The number of aliphatic hydroxyl groups is 1. The van der Waals surface area contributed by atoms with Crippen LogP contribution >= 0.6 is 11.6 Å². The topological polar surface area (TPSA) is 25.2 Å². The summed E-state index contributed by atoms with van der Waals surface area (Å²) in [5.41, 5.74) is 4.82. The number of aliphatic hydroxyl groups excluding tert-OH is 1. The highest BCUT2D eigenvalue weighted by atomic mass is 35.5. The quantitative estimate of drug-likeness (QED) is 0.869. The van der Waals surface area contributed by atoms with Crippen LogP contribution in [0.5, 0.6) is 0 Å². The Morgan fingerprint density at radius 2 is 2.15 bits per heavy atom. The van der Waals surface area contributed by atoms with Crippen molar-refractivity contribution in [3.05, 3.63) is 57.9 Å². The van der Waals surface area contributed by atoms with E-state index in [0.29, 0.717) is 0 Å². The van der Waals surface area contributed by atoms with Crippen LogP contribution in [0.4, 0.5) is 0 Å². The Kier molecular flexibility index (Phi) is 3.61. The van der Waals surface area contributed by atoms with E-state index >= 15 is 0 Å². The maximum absolute atomic E-state index is 10.2.